The Morgan fingerprint density at radius 3 is 2.71 bits per heavy atom. The molecule has 1 rings (SSSR count). The molecule has 0 saturated carbocycles. The summed E-state index contributed by atoms with van der Waals surface area (Å²) in [5.41, 5.74) is -0.585. The Kier molecular flexibility index (Phi) is 4.09. The maximum Gasteiger partial charge on any atom is 0.407 e. The number of hydrogen-bond donors (Lipinski definition) is 2. The smallest absolute Gasteiger partial charge is 0.407 e. The first kappa shape index (κ1) is 13.5. The quantitative estimate of drug-likeness (QED) is 0.678. The van der Waals surface area contributed by atoms with Gasteiger partial charge >= 0.3 is 6.09 Å². The van der Waals surface area contributed by atoms with Gasteiger partial charge in [0, 0.05) is 18.9 Å². The summed E-state index contributed by atoms with van der Waals surface area (Å²) in [6, 6.07) is -0.403. The second kappa shape index (κ2) is 5.16. The number of amides is 2. The van der Waals surface area contributed by atoms with E-state index >= 15 is 0 Å². The third kappa shape index (κ3) is 4.42. The molecule has 1 aliphatic rings. The fourth-order valence-electron chi connectivity index (χ4n) is 1.56. The van der Waals surface area contributed by atoms with Crippen molar-refractivity contribution in [3.05, 3.63) is 0 Å². The number of hydrogen-bond acceptors (Lipinski definition) is 4. The van der Waals surface area contributed by atoms with Crippen molar-refractivity contribution >= 4 is 18.3 Å². The highest BCUT2D eigenvalue weighted by Crippen LogP contribution is 2.12. The molecule has 1 aliphatic heterocycles. The van der Waals surface area contributed by atoms with Crippen LogP contribution in [0.4, 0.5) is 4.79 Å². The van der Waals surface area contributed by atoms with E-state index in [1.165, 1.54) is 0 Å². The van der Waals surface area contributed by atoms with E-state index in [-0.39, 0.29) is 18.9 Å². The van der Waals surface area contributed by atoms with Gasteiger partial charge in [-0.15, -0.1) is 0 Å². The molecule has 0 aromatic carbocycles. The summed E-state index contributed by atoms with van der Waals surface area (Å²) >= 11 is 0. The SMILES string of the molecule is CC(C)(C)OC(=O)N[C@@H]1CNC(=O)C[C@H]1C=O. The molecule has 1 saturated heterocycles. The van der Waals surface area contributed by atoms with Crippen molar-refractivity contribution in [1.82, 2.24) is 10.6 Å². The van der Waals surface area contributed by atoms with Crippen molar-refractivity contribution in [1.29, 1.82) is 0 Å². The Labute approximate surface area is 100 Å². The Hall–Kier alpha value is -1.59. The first-order valence-electron chi connectivity index (χ1n) is 5.53. The lowest BCUT2D eigenvalue weighted by atomic mass is 9.94. The standard InChI is InChI=1S/C11H18N2O4/c1-11(2,3)17-10(16)13-8-5-12-9(15)4-7(8)6-14/h6-8H,4-5H2,1-3H3,(H,12,15)(H,13,16)/t7-,8+/m0/s1. The highest BCUT2D eigenvalue weighted by Gasteiger charge is 2.31. The first-order valence-corrected chi connectivity index (χ1v) is 5.53. The van der Waals surface area contributed by atoms with Crippen LogP contribution in [-0.2, 0) is 14.3 Å². The highest BCUT2D eigenvalue weighted by molar-refractivity contribution is 5.81. The van der Waals surface area contributed by atoms with Crippen LogP contribution in [0.25, 0.3) is 0 Å². The molecule has 6 nitrogen and oxygen atoms in total. The van der Waals surface area contributed by atoms with Gasteiger partial charge in [-0.1, -0.05) is 0 Å². The molecule has 2 atom stereocenters. The number of ether oxygens (including phenoxy) is 1. The number of aldehydes is 1. The molecule has 0 aromatic rings. The molecule has 0 aromatic heterocycles. The molecule has 0 unspecified atom stereocenters. The second-order valence-electron chi connectivity index (χ2n) is 5.06. The average Bonchev–Trinajstić information content (AvgIpc) is 2.17. The van der Waals surface area contributed by atoms with Crippen molar-refractivity contribution in [3.8, 4) is 0 Å². The molecule has 0 bridgehead atoms. The van der Waals surface area contributed by atoms with Gasteiger partial charge in [0.25, 0.3) is 0 Å². The molecule has 0 radical (unpaired) electrons. The van der Waals surface area contributed by atoms with Gasteiger partial charge in [-0.25, -0.2) is 4.79 Å². The summed E-state index contributed by atoms with van der Waals surface area (Å²) in [4.78, 5) is 33.4. The Bertz CT molecular complexity index is 322. The molecular formula is C11H18N2O4. The summed E-state index contributed by atoms with van der Waals surface area (Å²) in [5.74, 6) is -0.666. The highest BCUT2D eigenvalue weighted by atomic mass is 16.6. The van der Waals surface area contributed by atoms with Crippen molar-refractivity contribution in [2.24, 2.45) is 5.92 Å². The van der Waals surface area contributed by atoms with Gasteiger partial charge in [0.05, 0.1) is 6.04 Å². The van der Waals surface area contributed by atoms with Crippen LogP contribution < -0.4 is 10.6 Å². The zero-order valence-electron chi connectivity index (χ0n) is 10.3. The second-order valence-corrected chi connectivity index (χ2v) is 5.06. The van der Waals surface area contributed by atoms with E-state index in [9.17, 15) is 14.4 Å². The third-order valence-electron chi connectivity index (χ3n) is 2.33. The largest absolute Gasteiger partial charge is 0.444 e. The van der Waals surface area contributed by atoms with Crippen LogP contribution in [0.15, 0.2) is 0 Å². The molecule has 96 valence electrons. The van der Waals surface area contributed by atoms with E-state index in [0.717, 1.165) is 0 Å². The lowest BCUT2D eigenvalue weighted by molar-refractivity contribution is -0.127. The fraction of sp³-hybridized carbons (Fsp3) is 0.727. The molecule has 0 aliphatic carbocycles. The zero-order valence-corrected chi connectivity index (χ0v) is 10.3. The molecule has 2 amide bonds. The maximum absolute atomic E-state index is 11.5. The van der Waals surface area contributed by atoms with Gasteiger partial charge in [0.1, 0.15) is 11.9 Å². The summed E-state index contributed by atoms with van der Waals surface area (Å²) in [6.07, 6.45) is 0.218. The van der Waals surface area contributed by atoms with Crippen LogP contribution in [0.5, 0.6) is 0 Å². The maximum atomic E-state index is 11.5. The van der Waals surface area contributed by atoms with Gasteiger partial charge in [-0.3, -0.25) is 4.79 Å². The summed E-state index contributed by atoms with van der Waals surface area (Å²) in [7, 11) is 0. The normalized spacial score (nSPS) is 24.8. The number of nitrogens with one attached hydrogen (secondary N) is 2. The van der Waals surface area contributed by atoms with E-state index in [4.69, 9.17) is 4.74 Å². The summed E-state index contributed by atoms with van der Waals surface area (Å²) < 4.78 is 5.08. The van der Waals surface area contributed by atoms with Gasteiger partial charge in [-0.05, 0) is 20.8 Å². The number of rotatable bonds is 2. The molecule has 1 heterocycles. The van der Waals surface area contributed by atoms with Crippen molar-refractivity contribution in [2.75, 3.05) is 6.54 Å². The minimum atomic E-state index is -0.585. The van der Waals surface area contributed by atoms with Crippen LogP contribution in [0, 0.1) is 5.92 Å². The third-order valence-corrected chi connectivity index (χ3v) is 2.33. The fourth-order valence-corrected chi connectivity index (χ4v) is 1.56. The lowest BCUT2D eigenvalue weighted by Crippen LogP contribution is -2.54. The van der Waals surface area contributed by atoms with Crippen LogP contribution in [0.1, 0.15) is 27.2 Å². The monoisotopic (exact) mass is 242 g/mol. The molecular weight excluding hydrogens is 224 g/mol. The predicted octanol–water partition coefficient (Wildman–Crippen LogP) is 0.215. The lowest BCUT2D eigenvalue weighted by Gasteiger charge is -2.29. The van der Waals surface area contributed by atoms with Crippen molar-refractivity contribution in [2.45, 2.75) is 38.8 Å². The van der Waals surface area contributed by atoms with Gasteiger partial charge in [-0.2, -0.15) is 0 Å². The van der Waals surface area contributed by atoms with Crippen molar-refractivity contribution in [3.63, 3.8) is 0 Å². The number of carbonyl (C=O) groups excluding carboxylic acids is 3. The van der Waals surface area contributed by atoms with Gasteiger partial charge < -0.3 is 20.2 Å². The molecule has 1 fully saturated rings. The van der Waals surface area contributed by atoms with Crippen LogP contribution in [0.2, 0.25) is 0 Å². The molecule has 0 spiro atoms. The van der Waals surface area contributed by atoms with E-state index in [1.54, 1.807) is 20.8 Å². The topological polar surface area (TPSA) is 84.5 Å². The molecule has 2 N–H and O–H groups in total. The Balaban J connectivity index is 2.52. The van der Waals surface area contributed by atoms with E-state index in [2.05, 4.69) is 10.6 Å². The molecule has 17 heavy (non-hydrogen) atoms. The van der Waals surface area contributed by atoms with Crippen LogP contribution >= 0.6 is 0 Å². The minimum Gasteiger partial charge on any atom is -0.444 e. The Morgan fingerprint density at radius 2 is 2.18 bits per heavy atom. The van der Waals surface area contributed by atoms with Crippen LogP contribution in [0.3, 0.4) is 0 Å². The van der Waals surface area contributed by atoms with Gasteiger partial charge in [0.15, 0.2) is 0 Å². The predicted molar refractivity (Wildman–Crippen MR) is 60.3 cm³/mol. The Morgan fingerprint density at radius 1 is 1.53 bits per heavy atom. The number of piperidine rings is 1. The number of carbonyl (C=O) groups is 3. The first-order chi connectivity index (χ1) is 7.81. The molecule has 6 heteroatoms. The van der Waals surface area contributed by atoms with Gasteiger partial charge in [0.2, 0.25) is 5.91 Å². The van der Waals surface area contributed by atoms with E-state index in [0.29, 0.717) is 6.29 Å². The zero-order chi connectivity index (χ0) is 13.1. The van der Waals surface area contributed by atoms with E-state index in [1.807, 2.05) is 0 Å². The minimum absolute atomic E-state index is 0.101. The number of alkyl carbamates (subject to hydrolysis) is 1. The van der Waals surface area contributed by atoms with Crippen molar-refractivity contribution < 1.29 is 19.1 Å². The summed E-state index contributed by atoms with van der Waals surface area (Å²) in [5, 5.41) is 5.19. The average molecular weight is 242 g/mol. The van der Waals surface area contributed by atoms with E-state index < -0.39 is 23.7 Å². The van der Waals surface area contributed by atoms with Crippen LogP contribution in [-0.4, -0.2) is 36.5 Å². The summed E-state index contributed by atoms with van der Waals surface area (Å²) in [6.45, 7) is 5.52.